The fourth-order valence-corrected chi connectivity index (χ4v) is 3.63. The fraction of sp³-hybridized carbons (Fsp3) is 0.278. The second-order valence-corrected chi connectivity index (χ2v) is 6.74. The predicted octanol–water partition coefficient (Wildman–Crippen LogP) is 1.56. The Balaban J connectivity index is 0.00000288. The summed E-state index contributed by atoms with van der Waals surface area (Å²) in [5.74, 6) is 0.723. The zero-order valence-electron chi connectivity index (χ0n) is 14.4. The summed E-state index contributed by atoms with van der Waals surface area (Å²) >= 11 is 6.15. The van der Waals surface area contributed by atoms with E-state index < -0.39 is 0 Å². The molecule has 3 nitrogen and oxygen atoms in total. The van der Waals surface area contributed by atoms with E-state index >= 15 is 0 Å². The van der Waals surface area contributed by atoms with Crippen molar-refractivity contribution >= 4 is 31.0 Å². The Hall–Kier alpha value is -0.813. The van der Waals surface area contributed by atoms with Gasteiger partial charge in [0.25, 0.3) is 0 Å². The van der Waals surface area contributed by atoms with E-state index in [-0.39, 0.29) is 39.3 Å². The quantitative estimate of drug-likeness (QED) is 0.428. The maximum absolute atomic E-state index is 12.5. The van der Waals surface area contributed by atoms with Crippen molar-refractivity contribution in [2.45, 2.75) is 27.1 Å². The minimum atomic E-state index is -0.291. The molecule has 0 aromatic heterocycles. The molecule has 0 heterocycles. The van der Waals surface area contributed by atoms with E-state index in [1.807, 2.05) is 57.2 Å². The van der Waals surface area contributed by atoms with Crippen molar-refractivity contribution in [3.05, 3.63) is 58.6 Å². The first-order valence-electron chi connectivity index (χ1n) is 7.46. The van der Waals surface area contributed by atoms with Crippen LogP contribution in [0.3, 0.4) is 0 Å². The van der Waals surface area contributed by atoms with Gasteiger partial charge in [-0.25, -0.2) is 0 Å². The van der Waals surface area contributed by atoms with Crippen LogP contribution in [0, 0.1) is 6.92 Å². The number of carbonyl (C=O) groups is 1. The fourth-order valence-electron chi connectivity index (χ4n) is 2.19. The molecule has 0 N–H and O–H groups in total. The van der Waals surface area contributed by atoms with Crippen molar-refractivity contribution in [3.8, 4) is 5.75 Å². The molecule has 2 aromatic carbocycles. The Morgan fingerprint density at radius 2 is 1.88 bits per heavy atom. The number of ether oxygens (including phenoxy) is 2. The van der Waals surface area contributed by atoms with Crippen molar-refractivity contribution < 1.29 is 33.1 Å². The Kier molecular flexibility index (Phi) is 9.06. The molecule has 0 saturated carbocycles. The maximum atomic E-state index is 12.5. The minimum Gasteiger partial charge on any atom is -0.465 e. The van der Waals surface area contributed by atoms with E-state index in [2.05, 4.69) is 0 Å². The smallest absolute Gasteiger partial charge is 0.465 e. The van der Waals surface area contributed by atoms with Crippen molar-refractivity contribution in [1.82, 2.24) is 0 Å². The average Bonchev–Trinajstić information content (AvgIpc) is 2.49. The van der Waals surface area contributed by atoms with E-state index in [4.69, 9.17) is 21.1 Å². The molecular weight excluding hydrogens is 338 g/mol. The summed E-state index contributed by atoms with van der Waals surface area (Å²) in [7, 11) is 0.0309. The van der Waals surface area contributed by atoms with Gasteiger partial charge in [-0.2, -0.15) is 0 Å². The van der Waals surface area contributed by atoms with Gasteiger partial charge in [0.15, 0.2) is 11.8 Å². The van der Waals surface area contributed by atoms with Crippen LogP contribution in [0.15, 0.2) is 42.5 Å². The van der Waals surface area contributed by atoms with Crippen molar-refractivity contribution in [2.24, 2.45) is 0 Å². The van der Waals surface area contributed by atoms with E-state index in [1.54, 1.807) is 6.07 Å². The molecule has 0 spiro atoms. The molecule has 6 heteroatoms. The summed E-state index contributed by atoms with van der Waals surface area (Å²) in [5.41, 5.74) is 1.56. The molecule has 0 fully saturated rings. The molecule has 0 saturated heterocycles. The topological polar surface area (TPSA) is 35.5 Å². The van der Waals surface area contributed by atoms with E-state index in [1.165, 1.54) is 0 Å². The first-order valence-corrected chi connectivity index (χ1v) is 8.84. The first kappa shape index (κ1) is 21.2. The molecule has 122 valence electrons. The van der Waals surface area contributed by atoms with Crippen LogP contribution in [0.2, 0.25) is 5.02 Å². The van der Waals surface area contributed by atoms with E-state index in [0.717, 1.165) is 16.6 Å². The number of hydrogen-bond donors (Lipinski definition) is 0. The number of halogens is 1. The molecule has 0 radical (unpaired) electrons. The molecule has 0 bridgehead atoms. The SMILES string of the molecule is CCOC(C)Oc1ccc(PC(=O)c2c(C)cccc2Cl)cc1.[Li+]. The van der Waals surface area contributed by atoms with E-state index in [9.17, 15) is 4.79 Å². The van der Waals surface area contributed by atoms with Crippen LogP contribution < -0.4 is 28.9 Å². The Labute approximate surface area is 162 Å². The summed E-state index contributed by atoms with van der Waals surface area (Å²) in [5, 5.41) is 1.46. The van der Waals surface area contributed by atoms with Gasteiger partial charge in [0.2, 0.25) is 0 Å². The molecule has 2 unspecified atom stereocenters. The Morgan fingerprint density at radius 1 is 1.21 bits per heavy atom. The largest absolute Gasteiger partial charge is 1.00 e. The summed E-state index contributed by atoms with van der Waals surface area (Å²) in [6.45, 7) is 6.28. The van der Waals surface area contributed by atoms with Crippen molar-refractivity contribution in [2.75, 3.05) is 6.61 Å². The molecular formula is C18H20ClLiO3P+. The third kappa shape index (κ3) is 5.92. The standard InChI is InChI=1S/C18H20ClO3P.Li/c1-4-21-13(3)22-14-8-10-15(11-9-14)23-18(20)17-12(2)6-5-7-16(17)19;/h5-11,13,23H,4H2,1-3H3;/q;+1. The molecule has 24 heavy (non-hydrogen) atoms. The van der Waals surface area contributed by atoms with Crippen LogP contribution in [0.5, 0.6) is 5.75 Å². The van der Waals surface area contributed by atoms with Gasteiger partial charge in [-0.05, 0) is 58.4 Å². The molecule has 2 rings (SSSR count). The third-order valence-electron chi connectivity index (χ3n) is 3.26. The second-order valence-electron chi connectivity index (χ2n) is 5.05. The Bertz CT molecular complexity index is 656. The van der Waals surface area contributed by atoms with Gasteiger partial charge in [0, 0.05) is 12.2 Å². The zero-order valence-corrected chi connectivity index (χ0v) is 16.2. The third-order valence-corrected chi connectivity index (χ3v) is 4.68. The van der Waals surface area contributed by atoms with E-state index in [0.29, 0.717) is 17.2 Å². The first-order chi connectivity index (χ1) is 11.0. The number of aryl methyl sites for hydroxylation is 1. The Morgan fingerprint density at radius 3 is 2.46 bits per heavy atom. The molecule has 0 aliphatic rings. The van der Waals surface area contributed by atoms with Crippen LogP contribution in [0.25, 0.3) is 0 Å². The molecule has 0 amide bonds. The zero-order chi connectivity index (χ0) is 16.8. The normalized spacial score (nSPS) is 12.0. The van der Waals surface area contributed by atoms with Crippen LogP contribution >= 0.6 is 20.2 Å². The van der Waals surface area contributed by atoms with Gasteiger partial charge < -0.3 is 9.47 Å². The number of carbonyl (C=O) groups excluding carboxylic acids is 1. The van der Waals surface area contributed by atoms with Gasteiger partial charge in [0.05, 0.1) is 5.02 Å². The van der Waals surface area contributed by atoms with Gasteiger partial charge in [0.1, 0.15) is 5.75 Å². The van der Waals surface area contributed by atoms with Gasteiger partial charge in [-0.3, -0.25) is 4.79 Å². The maximum Gasteiger partial charge on any atom is 1.00 e. The number of rotatable bonds is 7. The van der Waals surface area contributed by atoms with Crippen LogP contribution in [0.4, 0.5) is 0 Å². The molecule has 2 atom stereocenters. The predicted molar refractivity (Wildman–Crippen MR) is 96.6 cm³/mol. The minimum absolute atomic E-state index is 0. The summed E-state index contributed by atoms with van der Waals surface area (Å²) in [4.78, 5) is 12.5. The summed E-state index contributed by atoms with van der Waals surface area (Å²) < 4.78 is 10.9. The monoisotopic (exact) mass is 357 g/mol. The van der Waals surface area contributed by atoms with Crippen LogP contribution in [-0.4, -0.2) is 18.4 Å². The number of benzene rings is 2. The van der Waals surface area contributed by atoms with Gasteiger partial charge >= 0.3 is 18.9 Å². The summed E-state index contributed by atoms with van der Waals surface area (Å²) in [6, 6.07) is 13.0. The molecule has 0 aliphatic heterocycles. The average molecular weight is 358 g/mol. The van der Waals surface area contributed by atoms with Crippen molar-refractivity contribution in [1.29, 1.82) is 0 Å². The molecule has 0 aliphatic carbocycles. The number of hydrogen-bond acceptors (Lipinski definition) is 3. The van der Waals surface area contributed by atoms with Crippen molar-refractivity contribution in [3.63, 3.8) is 0 Å². The summed E-state index contributed by atoms with van der Waals surface area (Å²) in [6.07, 6.45) is -0.291. The second kappa shape index (κ2) is 10.2. The molecule has 2 aromatic rings. The van der Waals surface area contributed by atoms with Gasteiger partial charge in [-0.15, -0.1) is 0 Å². The van der Waals surface area contributed by atoms with Gasteiger partial charge in [-0.1, -0.05) is 35.9 Å². The van der Waals surface area contributed by atoms with Crippen LogP contribution in [-0.2, 0) is 4.74 Å². The van der Waals surface area contributed by atoms with Crippen LogP contribution in [0.1, 0.15) is 29.8 Å².